The van der Waals surface area contributed by atoms with Crippen LogP contribution in [0.1, 0.15) is 91.3 Å². The molecule has 1 aliphatic heterocycles. The minimum Gasteiger partial charge on any atom is -0.353 e. The number of nitrogens with zero attached hydrogens (tertiary/aromatic N) is 2. The number of hydrogen-bond donors (Lipinski definition) is 2. The van der Waals surface area contributed by atoms with Gasteiger partial charge in [0.2, 0.25) is 11.8 Å². The van der Waals surface area contributed by atoms with Crippen molar-refractivity contribution in [3.8, 4) is 0 Å². The summed E-state index contributed by atoms with van der Waals surface area (Å²) >= 11 is 0. The van der Waals surface area contributed by atoms with Gasteiger partial charge in [0.05, 0.1) is 11.5 Å². The third-order valence-corrected chi connectivity index (χ3v) is 7.58. The van der Waals surface area contributed by atoms with Crippen molar-refractivity contribution in [2.24, 2.45) is 5.41 Å². The van der Waals surface area contributed by atoms with Crippen molar-refractivity contribution in [2.45, 2.75) is 105 Å². The summed E-state index contributed by atoms with van der Waals surface area (Å²) < 4.78 is 5.98. The zero-order valence-electron chi connectivity index (χ0n) is 24.1. The molecule has 0 aromatic heterocycles. The van der Waals surface area contributed by atoms with Crippen LogP contribution in [-0.4, -0.2) is 65.7 Å². The first-order chi connectivity index (χ1) is 17.5. The second kappa shape index (κ2) is 13.9. The Kier molecular flexibility index (Phi) is 11.6. The summed E-state index contributed by atoms with van der Waals surface area (Å²) in [7, 11) is 0. The molecule has 1 aromatic rings. The maximum absolute atomic E-state index is 13.3. The summed E-state index contributed by atoms with van der Waals surface area (Å²) in [6.45, 7) is 17.5. The molecule has 0 radical (unpaired) electrons. The van der Waals surface area contributed by atoms with E-state index in [0.29, 0.717) is 31.5 Å². The van der Waals surface area contributed by atoms with E-state index in [0.717, 1.165) is 35.4 Å². The third-order valence-electron chi connectivity index (χ3n) is 7.58. The molecule has 0 spiro atoms. The third kappa shape index (κ3) is 7.32. The summed E-state index contributed by atoms with van der Waals surface area (Å²) in [5.41, 5.74) is 1.35. The van der Waals surface area contributed by atoms with E-state index in [4.69, 9.17) is 4.74 Å². The Morgan fingerprint density at radius 3 is 2.16 bits per heavy atom. The molecule has 0 bridgehead atoms. The van der Waals surface area contributed by atoms with Crippen molar-refractivity contribution < 1.29 is 19.1 Å². The molecule has 0 saturated carbocycles. The van der Waals surface area contributed by atoms with E-state index >= 15 is 0 Å². The zero-order valence-corrected chi connectivity index (χ0v) is 24.1. The average molecular weight is 517 g/mol. The van der Waals surface area contributed by atoms with Gasteiger partial charge in [0.15, 0.2) is 6.23 Å². The highest BCUT2D eigenvalue weighted by atomic mass is 16.5. The molecule has 37 heavy (non-hydrogen) atoms. The summed E-state index contributed by atoms with van der Waals surface area (Å²) in [5.74, 6) is -0.499. The first kappa shape index (κ1) is 30.8. The Morgan fingerprint density at radius 2 is 1.65 bits per heavy atom. The normalized spacial score (nSPS) is 17.8. The monoisotopic (exact) mass is 516 g/mol. The molecule has 1 aromatic carbocycles. The summed E-state index contributed by atoms with van der Waals surface area (Å²) in [5, 5.41) is 5.95. The van der Waals surface area contributed by atoms with E-state index in [9.17, 15) is 14.4 Å². The van der Waals surface area contributed by atoms with Gasteiger partial charge in [-0.05, 0) is 59.4 Å². The minimum absolute atomic E-state index is 0.205. The number of nitrogens with one attached hydrogen (secondary N) is 2. The number of ether oxygens (including phenoxy) is 1. The van der Waals surface area contributed by atoms with Crippen molar-refractivity contribution in [3.05, 3.63) is 35.4 Å². The number of benzene rings is 1. The van der Waals surface area contributed by atoms with Crippen LogP contribution in [0.15, 0.2) is 24.3 Å². The van der Waals surface area contributed by atoms with Crippen LogP contribution in [-0.2, 0) is 14.3 Å². The first-order valence-electron chi connectivity index (χ1n) is 13.9. The van der Waals surface area contributed by atoms with E-state index in [1.54, 1.807) is 0 Å². The highest BCUT2D eigenvalue weighted by molar-refractivity contribution is 6.03. The molecule has 4 amide bonds. The van der Waals surface area contributed by atoms with Gasteiger partial charge in [-0.2, -0.15) is 0 Å². The van der Waals surface area contributed by atoms with Crippen LogP contribution >= 0.6 is 0 Å². The Hall–Kier alpha value is -2.45. The van der Waals surface area contributed by atoms with Crippen LogP contribution in [0.5, 0.6) is 0 Å². The number of rotatable bonds is 14. The molecule has 8 nitrogen and oxygen atoms in total. The summed E-state index contributed by atoms with van der Waals surface area (Å²) in [4.78, 5) is 42.6. The molecule has 1 saturated heterocycles. The number of hydrogen-bond acceptors (Lipinski definition) is 5. The molecule has 2 rings (SSSR count). The average Bonchev–Trinajstić information content (AvgIpc) is 2.84. The quantitative estimate of drug-likeness (QED) is 0.348. The molecule has 2 atom stereocenters. The molecular weight excluding hydrogens is 468 g/mol. The fourth-order valence-corrected chi connectivity index (χ4v) is 5.24. The van der Waals surface area contributed by atoms with Gasteiger partial charge in [-0.3, -0.25) is 14.5 Å². The second-order valence-corrected chi connectivity index (χ2v) is 10.7. The Morgan fingerprint density at radius 1 is 1.05 bits per heavy atom. The lowest BCUT2D eigenvalue weighted by Crippen LogP contribution is -2.72. The number of aryl methyl sites for hydroxylation is 1. The Bertz CT molecular complexity index is 888. The number of carbonyl (C=O) groups is 3. The van der Waals surface area contributed by atoms with Crippen molar-refractivity contribution >= 4 is 17.8 Å². The van der Waals surface area contributed by atoms with E-state index in [1.807, 2.05) is 45.0 Å². The number of amides is 4. The number of carbonyl (C=O) groups excluding carboxylic acids is 3. The second-order valence-electron chi connectivity index (χ2n) is 10.7. The van der Waals surface area contributed by atoms with Crippen molar-refractivity contribution in [2.75, 3.05) is 19.7 Å². The number of urea groups is 1. The molecule has 1 fully saturated rings. The van der Waals surface area contributed by atoms with Gasteiger partial charge in [-0.25, -0.2) is 9.69 Å². The van der Waals surface area contributed by atoms with E-state index in [1.165, 1.54) is 0 Å². The molecule has 1 unspecified atom stereocenters. The molecule has 0 aliphatic carbocycles. The molecule has 1 heterocycles. The van der Waals surface area contributed by atoms with Gasteiger partial charge >= 0.3 is 6.03 Å². The lowest BCUT2D eigenvalue weighted by Gasteiger charge is -2.53. The van der Waals surface area contributed by atoms with Crippen LogP contribution in [0.2, 0.25) is 0 Å². The standard InChI is InChI=1S/C29H48N4O4/c1-9-12-24(23-15-13-22(8)14-16-23)31-28(36)33-26(35)29(10-2,11-3)27(33)37-19-25(34)30-17-18-32(20(4)5)21(6)7/h13-16,20-21,24,27H,9-12,17-19H2,1-8H3,(H,30,34)(H,31,36)/t24-,27?/m1/s1. The van der Waals surface area contributed by atoms with Gasteiger partial charge in [-0.1, -0.05) is 57.0 Å². The van der Waals surface area contributed by atoms with Gasteiger partial charge in [0, 0.05) is 25.2 Å². The highest BCUT2D eigenvalue weighted by Crippen LogP contribution is 2.46. The van der Waals surface area contributed by atoms with Crippen LogP contribution in [0, 0.1) is 12.3 Å². The van der Waals surface area contributed by atoms with Gasteiger partial charge in [0.25, 0.3) is 0 Å². The van der Waals surface area contributed by atoms with Gasteiger partial charge in [0.1, 0.15) is 6.61 Å². The van der Waals surface area contributed by atoms with E-state index in [-0.39, 0.29) is 24.5 Å². The first-order valence-corrected chi connectivity index (χ1v) is 13.9. The fraction of sp³-hybridized carbons (Fsp3) is 0.690. The highest BCUT2D eigenvalue weighted by Gasteiger charge is 2.62. The van der Waals surface area contributed by atoms with Crippen LogP contribution in [0.4, 0.5) is 4.79 Å². The van der Waals surface area contributed by atoms with Crippen molar-refractivity contribution in [1.82, 2.24) is 20.4 Å². The van der Waals surface area contributed by atoms with Crippen molar-refractivity contribution in [3.63, 3.8) is 0 Å². The van der Waals surface area contributed by atoms with Crippen molar-refractivity contribution in [1.29, 1.82) is 0 Å². The predicted octanol–water partition coefficient (Wildman–Crippen LogP) is 4.77. The molecule has 1 aliphatic rings. The minimum atomic E-state index is -0.798. The largest absolute Gasteiger partial charge is 0.353 e. The lowest BCUT2D eigenvalue weighted by atomic mass is 9.72. The van der Waals surface area contributed by atoms with Crippen LogP contribution in [0.25, 0.3) is 0 Å². The van der Waals surface area contributed by atoms with E-state index in [2.05, 4.69) is 50.2 Å². The SMILES string of the molecule is CCC[C@@H](NC(=O)N1C(=O)C(CC)(CC)C1OCC(=O)NCCN(C(C)C)C(C)C)c1ccc(C)cc1. The summed E-state index contributed by atoms with van der Waals surface area (Å²) in [6, 6.07) is 8.13. The van der Waals surface area contributed by atoms with Crippen LogP contribution in [0.3, 0.4) is 0 Å². The molecule has 2 N–H and O–H groups in total. The molecule has 8 heteroatoms. The van der Waals surface area contributed by atoms with Crippen LogP contribution < -0.4 is 10.6 Å². The Balaban J connectivity index is 2.06. The number of imide groups is 1. The fourth-order valence-electron chi connectivity index (χ4n) is 5.24. The maximum Gasteiger partial charge on any atom is 0.326 e. The number of likely N-dealkylation sites (tertiary alicyclic amines) is 1. The predicted molar refractivity (Wildman–Crippen MR) is 147 cm³/mol. The zero-order chi connectivity index (χ0) is 27.8. The maximum atomic E-state index is 13.3. The topological polar surface area (TPSA) is 91.0 Å². The lowest BCUT2D eigenvalue weighted by molar-refractivity contribution is -0.210. The molecule has 208 valence electrons. The van der Waals surface area contributed by atoms with Gasteiger partial charge < -0.3 is 15.4 Å². The number of β-lactam (4-membered cyclic amide) rings is 1. The van der Waals surface area contributed by atoms with Gasteiger partial charge in [-0.15, -0.1) is 0 Å². The Labute approximate surface area is 223 Å². The summed E-state index contributed by atoms with van der Waals surface area (Å²) in [6.07, 6.45) is 1.93. The smallest absolute Gasteiger partial charge is 0.326 e. The van der Waals surface area contributed by atoms with E-state index < -0.39 is 17.7 Å². The molecular formula is C29H48N4O4.